The third kappa shape index (κ3) is 5.36. The van der Waals surface area contributed by atoms with Crippen molar-refractivity contribution < 1.29 is 28.5 Å². The van der Waals surface area contributed by atoms with Gasteiger partial charge in [-0.2, -0.15) is 0 Å². The van der Waals surface area contributed by atoms with Crippen LogP contribution < -0.4 is 14.2 Å². The highest BCUT2D eigenvalue weighted by molar-refractivity contribution is 6.06. The van der Waals surface area contributed by atoms with Gasteiger partial charge in [-0.3, -0.25) is 10.2 Å². The Hall–Kier alpha value is -3.29. The molecular formula is C27H35FN2O5. The summed E-state index contributed by atoms with van der Waals surface area (Å²) in [7, 11) is 0. The van der Waals surface area contributed by atoms with Crippen molar-refractivity contribution in [1.29, 1.82) is 5.41 Å². The van der Waals surface area contributed by atoms with Crippen molar-refractivity contribution in [3.63, 3.8) is 0 Å². The fraction of sp³-hybridized carbons (Fsp3) is 0.481. The monoisotopic (exact) mass is 486 g/mol. The second kappa shape index (κ2) is 10.1. The quantitative estimate of drug-likeness (QED) is 0.459. The summed E-state index contributed by atoms with van der Waals surface area (Å²) in [5.41, 5.74) is 1.21. The van der Waals surface area contributed by atoms with Crippen molar-refractivity contribution in [2.75, 3.05) is 19.8 Å². The number of phenolic OH excluding ortho intramolecular Hbond substituents is 1. The third-order valence-corrected chi connectivity index (χ3v) is 5.67. The molecule has 1 aliphatic heterocycles. The molecule has 0 amide bonds. The van der Waals surface area contributed by atoms with Crippen LogP contribution in [-0.2, 0) is 12.0 Å². The van der Waals surface area contributed by atoms with Crippen molar-refractivity contribution in [1.82, 2.24) is 4.90 Å². The molecule has 2 aromatic rings. The van der Waals surface area contributed by atoms with Crippen LogP contribution in [-0.4, -0.2) is 47.5 Å². The highest BCUT2D eigenvalue weighted by Crippen LogP contribution is 2.41. The summed E-state index contributed by atoms with van der Waals surface area (Å²) in [5, 5.41) is 19.3. The van der Waals surface area contributed by atoms with E-state index >= 15 is 4.39 Å². The number of Topliss-reactive ketones (excluding diaryl/α,β-unsaturated/α-hetero) is 1. The lowest BCUT2D eigenvalue weighted by atomic mass is 9.84. The molecule has 2 aromatic carbocycles. The molecule has 0 spiro atoms. The van der Waals surface area contributed by atoms with Crippen LogP contribution in [0.25, 0.3) is 0 Å². The normalized spacial score (nSPS) is 13.3. The fourth-order valence-corrected chi connectivity index (χ4v) is 4.11. The van der Waals surface area contributed by atoms with E-state index in [0.29, 0.717) is 23.3 Å². The van der Waals surface area contributed by atoms with E-state index in [4.69, 9.17) is 19.6 Å². The second-order valence-corrected chi connectivity index (χ2v) is 9.83. The Labute approximate surface area is 206 Å². The molecule has 35 heavy (non-hydrogen) atoms. The van der Waals surface area contributed by atoms with Crippen LogP contribution in [0.2, 0.25) is 0 Å². The van der Waals surface area contributed by atoms with Gasteiger partial charge in [0, 0.05) is 17.7 Å². The van der Waals surface area contributed by atoms with E-state index in [1.54, 1.807) is 26.0 Å². The van der Waals surface area contributed by atoms with E-state index in [-0.39, 0.29) is 66.0 Å². The molecule has 2 N–H and O–H groups in total. The maximum absolute atomic E-state index is 15.3. The molecule has 0 atom stereocenters. The van der Waals surface area contributed by atoms with Gasteiger partial charge in [-0.15, -0.1) is 0 Å². The molecule has 0 saturated heterocycles. The van der Waals surface area contributed by atoms with Crippen LogP contribution in [0, 0.1) is 11.2 Å². The SMILES string of the molecule is CCOc1cc2c(c(F)c1OCC)C(=N)N(CC(=O)c1cc(OC(C)C)c(O)c(C(C)(C)C)c1)C2. The fourth-order valence-electron chi connectivity index (χ4n) is 4.11. The molecule has 1 aliphatic rings. The number of halogens is 1. The number of amidine groups is 1. The Morgan fingerprint density at radius 2 is 1.80 bits per heavy atom. The maximum atomic E-state index is 15.3. The molecule has 0 fully saturated rings. The van der Waals surface area contributed by atoms with Gasteiger partial charge in [0.25, 0.3) is 0 Å². The van der Waals surface area contributed by atoms with Gasteiger partial charge < -0.3 is 24.2 Å². The standard InChI is InChI=1S/C27H35FN2O5/c1-8-33-21-12-17-13-30(26(29)22(17)23(28)25(21)34-9-2)14-19(31)16-10-18(27(5,6)7)24(32)20(11-16)35-15(3)4/h10-12,15,29,32H,8-9,13-14H2,1-7H3. The number of nitrogens with zero attached hydrogens (tertiary/aromatic N) is 1. The van der Waals surface area contributed by atoms with Gasteiger partial charge in [-0.1, -0.05) is 20.8 Å². The molecule has 0 bridgehead atoms. The smallest absolute Gasteiger partial charge is 0.197 e. The van der Waals surface area contributed by atoms with E-state index in [1.807, 2.05) is 34.6 Å². The van der Waals surface area contributed by atoms with E-state index in [1.165, 1.54) is 11.0 Å². The van der Waals surface area contributed by atoms with Crippen LogP contribution in [0.1, 0.15) is 75.5 Å². The number of benzene rings is 2. The van der Waals surface area contributed by atoms with Crippen molar-refractivity contribution in [3.8, 4) is 23.0 Å². The number of ether oxygens (including phenoxy) is 3. The number of hydrogen-bond donors (Lipinski definition) is 2. The molecule has 0 radical (unpaired) electrons. The summed E-state index contributed by atoms with van der Waals surface area (Å²) >= 11 is 0. The Balaban J connectivity index is 1.94. The van der Waals surface area contributed by atoms with E-state index in [9.17, 15) is 9.90 Å². The predicted octanol–water partition coefficient (Wildman–Crippen LogP) is 5.44. The van der Waals surface area contributed by atoms with Crippen molar-refractivity contribution >= 4 is 11.6 Å². The molecule has 3 rings (SSSR count). The van der Waals surface area contributed by atoms with Gasteiger partial charge in [-0.05, 0) is 56.9 Å². The highest BCUT2D eigenvalue weighted by Gasteiger charge is 2.33. The first-order valence-corrected chi connectivity index (χ1v) is 11.9. The molecular weight excluding hydrogens is 451 g/mol. The Morgan fingerprint density at radius 1 is 1.14 bits per heavy atom. The average Bonchev–Trinajstić information content (AvgIpc) is 3.06. The molecule has 0 saturated carbocycles. The highest BCUT2D eigenvalue weighted by atomic mass is 19.1. The van der Waals surface area contributed by atoms with Gasteiger partial charge in [0.2, 0.25) is 0 Å². The van der Waals surface area contributed by atoms with Crippen molar-refractivity contribution in [3.05, 3.63) is 46.3 Å². The summed E-state index contributed by atoms with van der Waals surface area (Å²) in [6.07, 6.45) is -0.192. The molecule has 7 nitrogen and oxygen atoms in total. The van der Waals surface area contributed by atoms with Gasteiger partial charge in [0.15, 0.2) is 34.6 Å². The van der Waals surface area contributed by atoms with Crippen molar-refractivity contribution in [2.45, 2.75) is 66.5 Å². The van der Waals surface area contributed by atoms with Gasteiger partial charge >= 0.3 is 0 Å². The lowest BCUT2D eigenvalue weighted by Crippen LogP contribution is -2.30. The molecule has 1 heterocycles. The summed E-state index contributed by atoms with van der Waals surface area (Å²) in [4.78, 5) is 14.9. The average molecular weight is 487 g/mol. The second-order valence-electron chi connectivity index (χ2n) is 9.83. The minimum atomic E-state index is -0.653. The van der Waals surface area contributed by atoms with E-state index < -0.39 is 11.2 Å². The lowest BCUT2D eigenvalue weighted by Gasteiger charge is -2.24. The molecule has 0 aromatic heterocycles. The van der Waals surface area contributed by atoms with E-state index in [2.05, 4.69) is 0 Å². The van der Waals surface area contributed by atoms with Gasteiger partial charge in [-0.25, -0.2) is 4.39 Å². The zero-order valence-corrected chi connectivity index (χ0v) is 21.5. The third-order valence-electron chi connectivity index (χ3n) is 5.67. The molecule has 0 unspecified atom stereocenters. The van der Waals surface area contributed by atoms with Crippen LogP contribution in [0.3, 0.4) is 0 Å². The Bertz CT molecular complexity index is 1140. The Morgan fingerprint density at radius 3 is 2.37 bits per heavy atom. The van der Waals surface area contributed by atoms with Crippen molar-refractivity contribution in [2.24, 2.45) is 0 Å². The largest absolute Gasteiger partial charge is 0.504 e. The van der Waals surface area contributed by atoms with Crippen LogP contribution in [0.15, 0.2) is 18.2 Å². The minimum Gasteiger partial charge on any atom is -0.504 e. The van der Waals surface area contributed by atoms with Gasteiger partial charge in [0.05, 0.1) is 31.4 Å². The zero-order valence-electron chi connectivity index (χ0n) is 21.5. The summed E-state index contributed by atoms with van der Waals surface area (Å²) < 4.78 is 32.1. The van der Waals surface area contributed by atoms with E-state index in [0.717, 1.165) is 0 Å². The minimum absolute atomic E-state index is 0.0121. The summed E-state index contributed by atoms with van der Waals surface area (Å²) in [5.74, 6) is -0.479. The number of aromatic hydroxyl groups is 1. The van der Waals surface area contributed by atoms with Crippen LogP contribution in [0.5, 0.6) is 23.0 Å². The maximum Gasteiger partial charge on any atom is 0.197 e. The number of hydrogen-bond acceptors (Lipinski definition) is 6. The first kappa shape index (κ1) is 26.3. The predicted molar refractivity (Wildman–Crippen MR) is 133 cm³/mol. The number of ketones is 1. The zero-order chi connectivity index (χ0) is 26.1. The number of carbonyl (C=O) groups excluding carboxylic acids is 1. The number of fused-ring (bicyclic) bond motifs is 1. The molecule has 190 valence electrons. The number of carbonyl (C=O) groups is 1. The summed E-state index contributed by atoms with van der Waals surface area (Å²) in [6.45, 7) is 13.7. The van der Waals surface area contributed by atoms with Gasteiger partial charge in [0.1, 0.15) is 5.84 Å². The molecule has 8 heteroatoms. The summed E-state index contributed by atoms with van der Waals surface area (Å²) in [6, 6.07) is 4.87. The Kier molecular flexibility index (Phi) is 7.62. The number of rotatable bonds is 9. The number of nitrogens with one attached hydrogen (secondary N) is 1. The molecule has 0 aliphatic carbocycles. The first-order chi connectivity index (χ1) is 16.4. The van der Waals surface area contributed by atoms with Crippen LogP contribution >= 0.6 is 0 Å². The number of phenols is 1. The topological polar surface area (TPSA) is 92.1 Å². The first-order valence-electron chi connectivity index (χ1n) is 11.9. The lowest BCUT2D eigenvalue weighted by molar-refractivity contribution is 0.0961. The van der Waals surface area contributed by atoms with Crippen LogP contribution in [0.4, 0.5) is 4.39 Å².